The molecule has 1 aromatic carbocycles. The van der Waals surface area contributed by atoms with Crippen LogP contribution >= 0.6 is 15.9 Å². The Kier molecular flexibility index (Phi) is 7.15. The van der Waals surface area contributed by atoms with Crippen molar-refractivity contribution < 1.29 is 19.0 Å². The fraction of sp³-hybridized carbons (Fsp3) is 0.316. The van der Waals surface area contributed by atoms with Crippen LogP contribution in [0.1, 0.15) is 17.4 Å². The van der Waals surface area contributed by atoms with Gasteiger partial charge >= 0.3 is 11.7 Å². The third-order valence-electron chi connectivity index (χ3n) is 4.24. The fourth-order valence-corrected chi connectivity index (χ4v) is 3.07. The Bertz CT molecular complexity index is 987. The molecule has 3 rings (SSSR count). The van der Waals surface area contributed by atoms with E-state index in [4.69, 9.17) is 19.9 Å². The number of aromatic amines is 1. The van der Waals surface area contributed by atoms with Crippen LogP contribution in [0.3, 0.4) is 0 Å². The molecule has 0 saturated carbocycles. The lowest BCUT2D eigenvalue weighted by atomic mass is 10.1. The zero-order valence-electron chi connectivity index (χ0n) is 15.3. The van der Waals surface area contributed by atoms with E-state index in [9.17, 15) is 14.4 Å². The number of carbonyl (C=O) groups excluding carboxylic acids is 1. The van der Waals surface area contributed by atoms with Gasteiger partial charge in [0.25, 0.3) is 5.56 Å². The number of hydrogen-bond donors (Lipinski definition) is 2. The van der Waals surface area contributed by atoms with Crippen molar-refractivity contribution in [3.05, 3.63) is 73.5 Å². The van der Waals surface area contributed by atoms with E-state index < -0.39 is 35.8 Å². The number of benzene rings is 1. The van der Waals surface area contributed by atoms with Gasteiger partial charge in [0.15, 0.2) is 12.5 Å². The van der Waals surface area contributed by atoms with Crippen LogP contribution < -0.4 is 17.0 Å². The van der Waals surface area contributed by atoms with E-state index in [0.29, 0.717) is 6.42 Å². The molecule has 2 heterocycles. The highest BCUT2D eigenvalue weighted by atomic mass is 79.9. The van der Waals surface area contributed by atoms with Crippen molar-refractivity contribution in [1.29, 1.82) is 0 Å². The number of rotatable bonds is 7. The number of carbonyl (C=O) groups is 1. The molecule has 1 aliphatic rings. The van der Waals surface area contributed by atoms with Crippen molar-refractivity contribution in [1.82, 2.24) is 9.55 Å². The Labute approximate surface area is 174 Å². The van der Waals surface area contributed by atoms with Gasteiger partial charge in [-0.15, -0.1) is 0 Å². The first kappa shape index (κ1) is 21.2. The maximum Gasteiger partial charge on any atom is 0.330 e. The molecule has 0 bridgehead atoms. The highest BCUT2D eigenvalue weighted by Gasteiger charge is 2.30. The summed E-state index contributed by atoms with van der Waals surface area (Å²) in [4.78, 5) is 39.6. The van der Waals surface area contributed by atoms with Gasteiger partial charge < -0.3 is 19.9 Å². The SMILES string of the molecule is N[C@H](Cc1ccccc1)C(=O)OC[C@H]1OC[C@@H](n2cc(/C=C/Br)c(=O)[nH]c2=O)O1. The molecule has 1 aromatic heterocycles. The molecule has 3 N–H and O–H groups in total. The maximum absolute atomic E-state index is 12.1. The van der Waals surface area contributed by atoms with Crippen LogP contribution in [0.15, 0.2) is 51.1 Å². The molecule has 1 aliphatic heterocycles. The van der Waals surface area contributed by atoms with E-state index in [0.717, 1.165) is 5.56 Å². The number of ether oxygens (including phenoxy) is 3. The molecule has 154 valence electrons. The third kappa shape index (κ3) is 5.51. The van der Waals surface area contributed by atoms with Crippen molar-refractivity contribution >= 4 is 28.0 Å². The van der Waals surface area contributed by atoms with Gasteiger partial charge in [0.2, 0.25) is 0 Å². The van der Waals surface area contributed by atoms with Gasteiger partial charge in [0, 0.05) is 6.20 Å². The van der Waals surface area contributed by atoms with Crippen LogP contribution in [0, 0.1) is 0 Å². The second-order valence-corrected chi connectivity index (χ2v) is 6.85. The van der Waals surface area contributed by atoms with Crippen LogP contribution in [0.2, 0.25) is 0 Å². The molecule has 0 aliphatic carbocycles. The predicted octanol–water partition coefficient (Wildman–Crippen LogP) is 0.887. The Hall–Kier alpha value is -2.53. The summed E-state index contributed by atoms with van der Waals surface area (Å²) in [5, 5.41) is 0. The lowest BCUT2D eigenvalue weighted by Gasteiger charge is -2.15. The lowest BCUT2D eigenvalue weighted by molar-refractivity contribution is -0.160. The average Bonchev–Trinajstić information content (AvgIpc) is 3.17. The molecule has 29 heavy (non-hydrogen) atoms. The standard InChI is InChI=1S/C19H20BrN3O6/c20-7-6-13-9-23(19(26)22-17(13)24)15-10-27-16(29-15)11-28-18(25)14(21)8-12-4-2-1-3-5-12/h1-7,9,14-16H,8,10-11,21H2,(H,22,24,26)/b7-6+/t14-,15+,16+/m1/s1. The number of aromatic nitrogens is 2. The second-order valence-electron chi connectivity index (χ2n) is 6.32. The quantitative estimate of drug-likeness (QED) is 0.581. The first-order valence-electron chi connectivity index (χ1n) is 8.83. The fourth-order valence-electron chi connectivity index (χ4n) is 2.79. The molecular formula is C19H20BrN3O6. The van der Waals surface area contributed by atoms with E-state index in [1.807, 2.05) is 30.3 Å². The third-order valence-corrected chi connectivity index (χ3v) is 4.51. The molecule has 2 aromatic rings. The normalized spacial score (nSPS) is 20.1. The molecule has 0 spiro atoms. The van der Waals surface area contributed by atoms with E-state index in [1.165, 1.54) is 21.8 Å². The van der Waals surface area contributed by atoms with Gasteiger partial charge in [-0.25, -0.2) is 4.79 Å². The summed E-state index contributed by atoms with van der Waals surface area (Å²) in [6, 6.07) is 8.56. The number of nitrogens with two attached hydrogens (primary N) is 1. The van der Waals surface area contributed by atoms with Crippen molar-refractivity contribution in [2.75, 3.05) is 13.2 Å². The van der Waals surface area contributed by atoms with Crippen molar-refractivity contribution in [3.8, 4) is 0 Å². The molecule has 0 unspecified atom stereocenters. The molecule has 0 amide bonds. The maximum atomic E-state index is 12.1. The monoisotopic (exact) mass is 465 g/mol. The largest absolute Gasteiger partial charge is 0.459 e. The van der Waals surface area contributed by atoms with Crippen LogP contribution in [0.4, 0.5) is 0 Å². The molecular weight excluding hydrogens is 446 g/mol. The summed E-state index contributed by atoms with van der Waals surface area (Å²) in [7, 11) is 0. The topological polar surface area (TPSA) is 126 Å². The minimum absolute atomic E-state index is 0.0572. The van der Waals surface area contributed by atoms with Crippen LogP contribution in [-0.2, 0) is 25.4 Å². The van der Waals surface area contributed by atoms with E-state index in [-0.39, 0.29) is 18.8 Å². The lowest BCUT2D eigenvalue weighted by Crippen LogP contribution is -2.36. The minimum atomic E-state index is -0.845. The first-order valence-corrected chi connectivity index (χ1v) is 9.75. The number of nitrogens with zero attached hydrogens (tertiary/aromatic N) is 1. The van der Waals surface area contributed by atoms with Gasteiger partial charge in [0.05, 0.1) is 12.2 Å². The number of hydrogen-bond acceptors (Lipinski definition) is 7. The predicted molar refractivity (Wildman–Crippen MR) is 108 cm³/mol. The summed E-state index contributed by atoms with van der Waals surface area (Å²) in [6.07, 6.45) is 1.62. The molecule has 10 heteroatoms. The zero-order chi connectivity index (χ0) is 20.8. The number of halogens is 1. The number of H-pyrrole nitrogens is 1. The highest BCUT2D eigenvalue weighted by Crippen LogP contribution is 2.20. The summed E-state index contributed by atoms with van der Waals surface area (Å²) in [5.74, 6) is -0.574. The number of nitrogens with one attached hydrogen (secondary N) is 1. The molecule has 1 fully saturated rings. The Morgan fingerprint density at radius 3 is 2.86 bits per heavy atom. The van der Waals surface area contributed by atoms with Crippen molar-refractivity contribution in [3.63, 3.8) is 0 Å². The molecule has 3 atom stereocenters. The molecule has 0 radical (unpaired) electrons. The Morgan fingerprint density at radius 1 is 1.38 bits per heavy atom. The van der Waals surface area contributed by atoms with Gasteiger partial charge in [0.1, 0.15) is 12.6 Å². The minimum Gasteiger partial charge on any atom is -0.459 e. The van der Waals surface area contributed by atoms with E-state index in [1.54, 1.807) is 0 Å². The van der Waals surface area contributed by atoms with E-state index in [2.05, 4.69) is 20.9 Å². The summed E-state index contributed by atoms with van der Waals surface area (Å²) in [6.45, 7) is -0.105. The Morgan fingerprint density at radius 2 is 2.14 bits per heavy atom. The summed E-state index contributed by atoms with van der Waals surface area (Å²) >= 11 is 3.09. The highest BCUT2D eigenvalue weighted by molar-refractivity contribution is 9.11. The first-order chi connectivity index (χ1) is 14.0. The number of esters is 1. The van der Waals surface area contributed by atoms with Gasteiger partial charge in [-0.3, -0.25) is 19.1 Å². The summed E-state index contributed by atoms with van der Waals surface area (Å²) < 4.78 is 17.4. The van der Waals surface area contributed by atoms with Crippen LogP contribution in [-0.4, -0.2) is 41.1 Å². The average molecular weight is 466 g/mol. The van der Waals surface area contributed by atoms with Crippen LogP contribution in [0.25, 0.3) is 6.08 Å². The van der Waals surface area contributed by atoms with Crippen LogP contribution in [0.5, 0.6) is 0 Å². The Balaban J connectivity index is 1.55. The van der Waals surface area contributed by atoms with Crippen molar-refractivity contribution in [2.45, 2.75) is 25.0 Å². The van der Waals surface area contributed by atoms with Crippen molar-refractivity contribution in [2.24, 2.45) is 5.73 Å². The smallest absolute Gasteiger partial charge is 0.330 e. The van der Waals surface area contributed by atoms with E-state index >= 15 is 0 Å². The summed E-state index contributed by atoms with van der Waals surface area (Å²) in [5.41, 5.74) is 5.94. The molecule has 1 saturated heterocycles. The van der Waals surface area contributed by atoms with Gasteiger partial charge in [-0.1, -0.05) is 46.3 Å². The zero-order valence-corrected chi connectivity index (χ0v) is 16.9. The van der Waals surface area contributed by atoms with Gasteiger partial charge in [-0.2, -0.15) is 0 Å². The van der Waals surface area contributed by atoms with Gasteiger partial charge in [-0.05, 0) is 23.0 Å². The molecule has 9 nitrogen and oxygen atoms in total. The second kappa shape index (κ2) is 9.79.